The zero-order valence-electron chi connectivity index (χ0n) is 26.2. The molecule has 1 aromatic carbocycles. The lowest BCUT2D eigenvalue weighted by Gasteiger charge is -2.46. The standard InChI is InChI=1S/C30H41FN4O2/c1-18-13-21(31)14-23-25(18)26(33-37-23)20-9-11-34(30(7,8)15-20)12-10-22-19(2)32-24-16-28(3,4)29(5,6)17-35(24)27(22)36/h13-14,20H,9-12,15-17H2,1-8H3/i2D3. The lowest BCUT2D eigenvalue weighted by Crippen LogP contribution is -2.51. The summed E-state index contributed by atoms with van der Waals surface area (Å²) in [6.07, 6.45) is 2.52. The lowest BCUT2D eigenvalue weighted by atomic mass is 9.64. The van der Waals surface area contributed by atoms with Gasteiger partial charge in [-0.3, -0.25) is 14.3 Å². The molecule has 0 radical (unpaired) electrons. The first-order valence-electron chi connectivity index (χ1n) is 14.8. The summed E-state index contributed by atoms with van der Waals surface area (Å²) in [5.41, 5.74) is 1.71. The summed E-state index contributed by atoms with van der Waals surface area (Å²) in [6.45, 7) is 14.2. The number of benzene rings is 1. The fourth-order valence-electron chi connectivity index (χ4n) is 6.28. The molecule has 2 aliphatic rings. The highest BCUT2D eigenvalue weighted by atomic mass is 19.1. The Morgan fingerprint density at radius 2 is 1.95 bits per heavy atom. The maximum absolute atomic E-state index is 13.9. The highest BCUT2D eigenvalue weighted by molar-refractivity contribution is 5.83. The van der Waals surface area contributed by atoms with E-state index in [9.17, 15) is 9.18 Å². The van der Waals surface area contributed by atoms with Crippen LogP contribution in [0.25, 0.3) is 11.0 Å². The molecule has 0 amide bonds. The number of rotatable bonds is 4. The van der Waals surface area contributed by atoms with E-state index in [1.54, 1.807) is 4.57 Å². The van der Waals surface area contributed by atoms with Gasteiger partial charge in [0, 0.05) is 57.8 Å². The van der Waals surface area contributed by atoms with Crippen LogP contribution in [0.2, 0.25) is 0 Å². The van der Waals surface area contributed by atoms with Crippen molar-refractivity contribution in [2.45, 2.75) is 99.0 Å². The number of hydrogen-bond donors (Lipinski definition) is 0. The van der Waals surface area contributed by atoms with E-state index < -0.39 is 6.85 Å². The topological polar surface area (TPSA) is 64.2 Å². The number of likely N-dealkylation sites (tertiary alicyclic amines) is 1. The van der Waals surface area contributed by atoms with E-state index in [-0.39, 0.29) is 39.4 Å². The number of aryl methyl sites for hydroxylation is 2. The van der Waals surface area contributed by atoms with Gasteiger partial charge in [-0.2, -0.15) is 0 Å². The van der Waals surface area contributed by atoms with Gasteiger partial charge < -0.3 is 4.52 Å². The number of fused-ring (bicyclic) bond motifs is 2. The molecule has 4 heterocycles. The van der Waals surface area contributed by atoms with E-state index in [1.165, 1.54) is 12.1 Å². The molecule has 0 saturated carbocycles. The molecule has 200 valence electrons. The van der Waals surface area contributed by atoms with Crippen LogP contribution in [0.4, 0.5) is 4.39 Å². The van der Waals surface area contributed by atoms with Crippen molar-refractivity contribution in [3.63, 3.8) is 0 Å². The van der Waals surface area contributed by atoms with E-state index in [0.29, 0.717) is 42.9 Å². The molecule has 0 bridgehead atoms. The van der Waals surface area contributed by atoms with Crippen LogP contribution in [-0.2, 0) is 19.4 Å². The fraction of sp³-hybridized carbons (Fsp3) is 0.633. The Labute approximate surface area is 223 Å². The van der Waals surface area contributed by atoms with Gasteiger partial charge in [0.05, 0.1) is 5.69 Å². The summed E-state index contributed by atoms with van der Waals surface area (Å²) in [5.74, 6) is 0.385. The number of halogens is 1. The minimum Gasteiger partial charge on any atom is -0.356 e. The molecule has 1 fully saturated rings. The monoisotopic (exact) mass is 511 g/mol. The third-order valence-electron chi connectivity index (χ3n) is 9.46. The summed E-state index contributed by atoms with van der Waals surface area (Å²) in [4.78, 5) is 20.8. The molecule has 1 atom stereocenters. The van der Waals surface area contributed by atoms with E-state index in [2.05, 4.69) is 56.6 Å². The first kappa shape index (κ1) is 22.4. The summed E-state index contributed by atoms with van der Waals surface area (Å²) in [6, 6.07) is 2.90. The van der Waals surface area contributed by atoms with Crippen LogP contribution < -0.4 is 5.56 Å². The molecule has 1 unspecified atom stereocenters. The van der Waals surface area contributed by atoms with Gasteiger partial charge in [-0.05, 0) is 75.9 Å². The highest BCUT2D eigenvalue weighted by Gasteiger charge is 2.43. The second-order valence-electron chi connectivity index (χ2n) is 13.1. The highest BCUT2D eigenvalue weighted by Crippen LogP contribution is 2.45. The van der Waals surface area contributed by atoms with Gasteiger partial charge in [0.15, 0.2) is 5.58 Å². The maximum Gasteiger partial charge on any atom is 0.257 e. The average Bonchev–Trinajstić information content (AvgIpc) is 3.23. The van der Waals surface area contributed by atoms with Crippen LogP contribution in [0, 0.1) is 30.4 Å². The van der Waals surface area contributed by atoms with Crippen LogP contribution in [0.3, 0.4) is 0 Å². The van der Waals surface area contributed by atoms with Crippen LogP contribution in [0.1, 0.15) is 92.8 Å². The minimum absolute atomic E-state index is 0.0521. The largest absolute Gasteiger partial charge is 0.356 e. The summed E-state index contributed by atoms with van der Waals surface area (Å²) in [5, 5.41) is 5.23. The molecule has 5 rings (SSSR count). The smallest absolute Gasteiger partial charge is 0.257 e. The van der Waals surface area contributed by atoms with E-state index in [1.807, 2.05) is 6.92 Å². The van der Waals surface area contributed by atoms with Crippen LogP contribution in [-0.4, -0.2) is 38.2 Å². The minimum atomic E-state index is -2.46. The Morgan fingerprint density at radius 3 is 2.65 bits per heavy atom. The Kier molecular flexibility index (Phi) is 5.31. The fourth-order valence-corrected chi connectivity index (χ4v) is 6.28. The van der Waals surface area contributed by atoms with Crippen molar-refractivity contribution >= 4 is 11.0 Å². The molecule has 1 saturated heterocycles. The van der Waals surface area contributed by atoms with E-state index in [4.69, 9.17) is 8.64 Å². The number of aromatic nitrogens is 3. The Hall–Kier alpha value is -2.54. The Bertz CT molecular complexity index is 1520. The third kappa shape index (κ3) is 4.43. The zero-order chi connectivity index (χ0) is 29.4. The summed E-state index contributed by atoms with van der Waals surface area (Å²) < 4.78 is 45.6. The van der Waals surface area contributed by atoms with Crippen molar-refractivity contribution < 1.29 is 13.0 Å². The van der Waals surface area contributed by atoms with Crippen LogP contribution in [0.15, 0.2) is 21.5 Å². The first-order valence-corrected chi connectivity index (χ1v) is 13.3. The molecule has 7 heteroatoms. The van der Waals surface area contributed by atoms with Gasteiger partial charge in [0.25, 0.3) is 5.56 Å². The van der Waals surface area contributed by atoms with Crippen molar-refractivity contribution in [1.29, 1.82) is 0 Å². The second-order valence-corrected chi connectivity index (χ2v) is 13.1. The molecule has 2 aliphatic heterocycles. The molecule has 37 heavy (non-hydrogen) atoms. The molecular formula is C30H41FN4O2. The average molecular weight is 512 g/mol. The Balaban J connectivity index is 1.40. The number of nitrogens with zero attached hydrogens (tertiary/aromatic N) is 4. The van der Waals surface area contributed by atoms with Gasteiger partial charge >= 0.3 is 0 Å². The van der Waals surface area contributed by atoms with Crippen molar-refractivity contribution in [3.8, 4) is 0 Å². The molecule has 0 aliphatic carbocycles. The normalized spacial score (nSPS) is 24.3. The van der Waals surface area contributed by atoms with Gasteiger partial charge in [-0.25, -0.2) is 9.37 Å². The van der Waals surface area contributed by atoms with Crippen LogP contribution in [0.5, 0.6) is 0 Å². The zero-order valence-corrected chi connectivity index (χ0v) is 23.2. The summed E-state index contributed by atoms with van der Waals surface area (Å²) in [7, 11) is 0. The number of piperidine rings is 1. The first-order chi connectivity index (χ1) is 18.4. The van der Waals surface area contributed by atoms with E-state index >= 15 is 0 Å². The maximum atomic E-state index is 13.9. The molecule has 2 aromatic heterocycles. The number of hydrogen-bond acceptors (Lipinski definition) is 5. The third-order valence-corrected chi connectivity index (χ3v) is 9.46. The second kappa shape index (κ2) is 8.75. The van der Waals surface area contributed by atoms with Crippen molar-refractivity contribution in [1.82, 2.24) is 19.6 Å². The molecular weight excluding hydrogens is 467 g/mol. The SMILES string of the molecule is [2H]C([2H])([2H])c1nc2n(c(=O)c1CCN1CCC(c3noc4cc(F)cc(C)c34)CC1(C)C)CC(C)(C)C(C)(C)C2. The van der Waals surface area contributed by atoms with Gasteiger partial charge in [0.1, 0.15) is 11.6 Å². The van der Waals surface area contributed by atoms with Gasteiger partial charge in [-0.15, -0.1) is 0 Å². The molecule has 3 aromatic rings. The predicted molar refractivity (Wildman–Crippen MR) is 145 cm³/mol. The van der Waals surface area contributed by atoms with Gasteiger partial charge in [-0.1, -0.05) is 32.9 Å². The van der Waals surface area contributed by atoms with Gasteiger partial charge in [0.2, 0.25) is 0 Å². The van der Waals surface area contributed by atoms with E-state index in [0.717, 1.165) is 36.0 Å². The predicted octanol–water partition coefficient (Wildman–Crippen LogP) is 5.95. The quantitative estimate of drug-likeness (QED) is 0.433. The van der Waals surface area contributed by atoms with Crippen molar-refractivity contribution in [2.75, 3.05) is 13.1 Å². The Morgan fingerprint density at radius 1 is 1.19 bits per heavy atom. The van der Waals surface area contributed by atoms with Crippen molar-refractivity contribution in [2.24, 2.45) is 10.8 Å². The van der Waals surface area contributed by atoms with Crippen molar-refractivity contribution in [3.05, 3.63) is 56.6 Å². The molecule has 0 spiro atoms. The molecule has 0 N–H and O–H groups in total. The lowest BCUT2D eigenvalue weighted by molar-refractivity contribution is 0.0563. The van der Waals surface area contributed by atoms with Crippen LogP contribution >= 0.6 is 0 Å². The molecule has 6 nitrogen and oxygen atoms in total. The summed E-state index contributed by atoms with van der Waals surface area (Å²) >= 11 is 0.